The van der Waals surface area contributed by atoms with Crippen LogP contribution in [0.25, 0.3) is 0 Å². The number of hydrogen-bond acceptors (Lipinski definition) is 6. The first-order valence-electron chi connectivity index (χ1n) is 6.76. The fourth-order valence-electron chi connectivity index (χ4n) is 2.63. The van der Waals surface area contributed by atoms with Gasteiger partial charge in [0, 0.05) is 18.1 Å². The highest BCUT2D eigenvalue weighted by atomic mass is 16.5. The van der Waals surface area contributed by atoms with Gasteiger partial charge in [0.2, 0.25) is 0 Å². The number of benzene rings is 2. The van der Waals surface area contributed by atoms with Crippen LogP contribution in [0.1, 0.15) is 17.2 Å². The first-order chi connectivity index (χ1) is 10.4. The highest BCUT2D eigenvalue weighted by Crippen LogP contribution is 2.41. The van der Waals surface area contributed by atoms with Crippen LogP contribution >= 0.6 is 0 Å². The summed E-state index contributed by atoms with van der Waals surface area (Å²) in [6.07, 6.45) is -1.17. The van der Waals surface area contributed by atoms with Gasteiger partial charge in [-0.15, -0.1) is 0 Å². The van der Waals surface area contributed by atoms with Crippen molar-refractivity contribution in [3.63, 3.8) is 0 Å². The molecular formula is C16H16O6. The normalized spacial score (nSPS) is 23.6. The molecule has 0 saturated heterocycles. The maximum absolute atomic E-state index is 10.7. The summed E-state index contributed by atoms with van der Waals surface area (Å²) in [5.41, 5.74) is -0.648. The van der Waals surface area contributed by atoms with Crippen molar-refractivity contribution in [2.45, 2.75) is 18.1 Å². The number of phenolic OH excluding ortho intramolecular Hbond substituents is 3. The van der Waals surface area contributed by atoms with Gasteiger partial charge in [-0.2, -0.15) is 0 Å². The first kappa shape index (κ1) is 14.5. The number of ether oxygens (including phenoxy) is 1. The molecule has 0 fully saturated rings. The standard InChI is InChI=1S/C16H16O6/c17-10-2-3-11-14(6-10)22-8-16(21,15(11)20)7-9-1-4-12(18)13(19)5-9/h1-6,15,17-21H,7-8H2/t15-,16+/m1/s1. The summed E-state index contributed by atoms with van der Waals surface area (Å²) in [7, 11) is 0. The zero-order chi connectivity index (χ0) is 15.9. The van der Waals surface area contributed by atoms with Gasteiger partial charge in [-0.25, -0.2) is 0 Å². The van der Waals surface area contributed by atoms with Crippen molar-refractivity contribution < 1.29 is 30.3 Å². The van der Waals surface area contributed by atoms with Crippen molar-refractivity contribution in [3.05, 3.63) is 47.5 Å². The van der Waals surface area contributed by atoms with Crippen molar-refractivity contribution in [2.75, 3.05) is 6.61 Å². The van der Waals surface area contributed by atoms with Crippen LogP contribution in [0.15, 0.2) is 36.4 Å². The van der Waals surface area contributed by atoms with Crippen molar-refractivity contribution in [2.24, 2.45) is 0 Å². The third-order valence-electron chi connectivity index (χ3n) is 3.83. The molecule has 0 aliphatic carbocycles. The van der Waals surface area contributed by atoms with Gasteiger partial charge in [0.1, 0.15) is 29.8 Å². The van der Waals surface area contributed by atoms with Gasteiger partial charge in [0.25, 0.3) is 0 Å². The van der Waals surface area contributed by atoms with Crippen LogP contribution in [-0.2, 0) is 6.42 Å². The van der Waals surface area contributed by atoms with Gasteiger partial charge in [0.05, 0.1) is 0 Å². The number of aliphatic hydroxyl groups excluding tert-OH is 1. The molecule has 5 N–H and O–H groups in total. The molecule has 22 heavy (non-hydrogen) atoms. The lowest BCUT2D eigenvalue weighted by Crippen LogP contribution is -2.47. The molecule has 2 aromatic carbocycles. The lowest BCUT2D eigenvalue weighted by atomic mass is 9.84. The van der Waals surface area contributed by atoms with Gasteiger partial charge in [-0.05, 0) is 29.8 Å². The van der Waals surface area contributed by atoms with Gasteiger partial charge < -0.3 is 30.3 Å². The summed E-state index contributed by atoms with van der Waals surface area (Å²) in [6.45, 7) is -0.160. The summed E-state index contributed by atoms with van der Waals surface area (Å²) in [5, 5.41) is 49.4. The summed E-state index contributed by atoms with van der Waals surface area (Å²) in [6, 6.07) is 8.47. The second-order valence-corrected chi connectivity index (χ2v) is 5.52. The number of aromatic hydroxyl groups is 3. The average molecular weight is 304 g/mol. The van der Waals surface area contributed by atoms with E-state index in [0.717, 1.165) is 0 Å². The van der Waals surface area contributed by atoms with E-state index < -0.39 is 11.7 Å². The van der Waals surface area contributed by atoms with E-state index in [9.17, 15) is 25.5 Å². The highest BCUT2D eigenvalue weighted by molar-refractivity contribution is 5.45. The zero-order valence-corrected chi connectivity index (χ0v) is 11.6. The minimum Gasteiger partial charge on any atom is -0.508 e. The molecule has 1 aliphatic heterocycles. The Morgan fingerprint density at radius 2 is 1.82 bits per heavy atom. The monoisotopic (exact) mass is 304 g/mol. The van der Waals surface area contributed by atoms with Gasteiger partial charge in [-0.1, -0.05) is 6.07 Å². The number of fused-ring (bicyclic) bond motifs is 1. The molecule has 0 aromatic heterocycles. The SMILES string of the molecule is Oc1ccc2c(c1)OC[C@@](O)(Cc1ccc(O)c(O)c1)[C@@H]2O. The maximum atomic E-state index is 10.7. The minimum atomic E-state index is -1.58. The molecule has 6 nitrogen and oxygen atoms in total. The molecule has 1 heterocycles. The van der Waals surface area contributed by atoms with Crippen molar-refractivity contribution in [1.29, 1.82) is 0 Å². The molecule has 0 amide bonds. The van der Waals surface area contributed by atoms with Crippen LogP contribution in [-0.4, -0.2) is 37.7 Å². The van der Waals surface area contributed by atoms with E-state index in [2.05, 4.69) is 0 Å². The fourth-order valence-corrected chi connectivity index (χ4v) is 2.63. The van der Waals surface area contributed by atoms with Crippen LogP contribution in [0.3, 0.4) is 0 Å². The van der Waals surface area contributed by atoms with E-state index in [1.807, 2.05) is 0 Å². The van der Waals surface area contributed by atoms with E-state index in [-0.39, 0.29) is 30.3 Å². The first-order valence-corrected chi connectivity index (χ1v) is 6.76. The Bertz CT molecular complexity index is 714. The second kappa shape index (κ2) is 5.08. The van der Waals surface area contributed by atoms with Crippen LogP contribution in [0, 0.1) is 0 Å². The van der Waals surface area contributed by atoms with E-state index in [4.69, 9.17) is 4.74 Å². The molecule has 0 unspecified atom stereocenters. The Balaban J connectivity index is 1.90. The molecule has 6 heteroatoms. The number of phenols is 3. The molecule has 3 rings (SSSR count). The predicted octanol–water partition coefficient (Wildman–Crippen LogP) is 1.20. The van der Waals surface area contributed by atoms with Crippen LogP contribution in [0.5, 0.6) is 23.0 Å². The van der Waals surface area contributed by atoms with Gasteiger partial charge in [-0.3, -0.25) is 0 Å². The van der Waals surface area contributed by atoms with E-state index >= 15 is 0 Å². The summed E-state index contributed by atoms with van der Waals surface area (Å²) < 4.78 is 5.43. The highest BCUT2D eigenvalue weighted by Gasteiger charge is 2.42. The fraction of sp³-hybridized carbons (Fsp3) is 0.250. The van der Waals surface area contributed by atoms with Crippen LogP contribution in [0.4, 0.5) is 0 Å². The van der Waals surface area contributed by atoms with Gasteiger partial charge >= 0.3 is 0 Å². The molecule has 0 bridgehead atoms. The summed E-state index contributed by atoms with van der Waals surface area (Å²) >= 11 is 0. The molecule has 0 spiro atoms. The minimum absolute atomic E-state index is 0.0137. The Labute approximate surface area is 126 Å². The predicted molar refractivity (Wildman–Crippen MR) is 77.0 cm³/mol. The molecule has 0 saturated carbocycles. The largest absolute Gasteiger partial charge is 0.508 e. The average Bonchev–Trinajstić information content (AvgIpc) is 2.47. The number of aliphatic hydroxyl groups is 2. The summed E-state index contributed by atoms with van der Waals surface area (Å²) in [4.78, 5) is 0. The topological polar surface area (TPSA) is 110 Å². The molecule has 2 aromatic rings. The van der Waals surface area contributed by atoms with E-state index in [1.54, 1.807) is 6.07 Å². The number of hydrogen-bond donors (Lipinski definition) is 5. The lowest BCUT2D eigenvalue weighted by Gasteiger charge is -2.38. The Kier molecular flexibility index (Phi) is 3.35. The third-order valence-corrected chi connectivity index (χ3v) is 3.83. The smallest absolute Gasteiger partial charge is 0.157 e. The van der Waals surface area contributed by atoms with Crippen molar-refractivity contribution >= 4 is 0 Å². The molecule has 1 aliphatic rings. The van der Waals surface area contributed by atoms with E-state index in [0.29, 0.717) is 16.9 Å². The second-order valence-electron chi connectivity index (χ2n) is 5.52. The lowest BCUT2D eigenvalue weighted by molar-refractivity contribution is -0.114. The Morgan fingerprint density at radius 1 is 1.05 bits per heavy atom. The molecule has 0 radical (unpaired) electrons. The Morgan fingerprint density at radius 3 is 2.55 bits per heavy atom. The van der Waals surface area contributed by atoms with Gasteiger partial charge in [0.15, 0.2) is 11.5 Å². The number of rotatable bonds is 2. The zero-order valence-electron chi connectivity index (χ0n) is 11.6. The Hall–Kier alpha value is -2.44. The van der Waals surface area contributed by atoms with Crippen LogP contribution in [0.2, 0.25) is 0 Å². The maximum Gasteiger partial charge on any atom is 0.157 e. The molecule has 116 valence electrons. The third kappa shape index (κ3) is 2.43. The van der Waals surface area contributed by atoms with Crippen LogP contribution < -0.4 is 4.74 Å². The van der Waals surface area contributed by atoms with E-state index in [1.165, 1.54) is 30.3 Å². The summed E-state index contributed by atoms with van der Waals surface area (Å²) in [5.74, 6) is -0.208. The quantitative estimate of drug-likeness (QED) is 0.533. The van der Waals surface area contributed by atoms with Crippen molar-refractivity contribution in [3.8, 4) is 23.0 Å². The van der Waals surface area contributed by atoms with Crippen molar-refractivity contribution in [1.82, 2.24) is 0 Å². The molecule has 2 atom stereocenters. The molecular weight excluding hydrogens is 288 g/mol.